The van der Waals surface area contributed by atoms with Gasteiger partial charge in [0, 0.05) is 0 Å². The Bertz CT molecular complexity index is 2470. The van der Waals surface area contributed by atoms with Crippen molar-refractivity contribution >= 4 is 15.8 Å². The van der Waals surface area contributed by atoms with Gasteiger partial charge < -0.3 is 0 Å². The van der Waals surface area contributed by atoms with E-state index in [2.05, 4.69) is 102 Å². The van der Waals surface area contributed by atoms with Crippen molar-refractivity contribution in [3.8, 4) is 0 Å². The monoisotopic (exact) mass is 810 g/mol. The van der Waals surface area contributed by atoms with Crippen LogP contribution in [0.3, 0.4) is 0 Å². The van der Waals surface area contributed by atoms with Gasteiger partial charge in [-0.2, -0.15) is 0 Å². The van der Waals surface area contributed by atoms with Crippen molar-refractivity contribution in [1.29, 1.82) is 0 Å². The topological polar surface area (TPSA) is 0 Å². The van der Waals surface area contributed by atoms with Gasteiger partial charge in [-0.25, -0.2) is 0 Å². The Morgan fingerprint density at radius 1 is 0.527 bits per heavy atom. The normalized spacial score (nSPS) is 70.4. The second-order valence-corrected chi connectivity index (χ2v) is 57.5. The molecule has 2 aromatic carbocycles. The molecule has 0 N–H and O–H groups in total. The van der Waals surface area contributed by atoms with Gasteiger partial charge >= 0.3 is 327 Å². The van der Waals surface area contributed by atoms with Gasteiger partial charge in [0.25, 0.3) is 0 Å². The Labute approximate surface area is 325 Å². The van der Waals surface area contributed by atoms with E-state index in [1.165, 1.54) is 40.2 Å². The third-order valence-electron chi connectivity index (χ3n) is 29.7. The molecule has 20 rings (SSSR count). The predicted octanol–water partition coefficient (Wildman–Crippen LogP) is 14.5. The average molecular weight is 811 g/mol. The molecule has 10 aliphatic heterocycles. The number of hydrogen-bond donors (Lipinski definition) is 0. The molecule has 0 amide bonds. The van der Waals surface area contributed by atoms with Crippen molar-refractivity contribution in [2.75, 3.05) is 12.3 Å². The standard InChI is InChI=1S/C47H63P2.C5H5.Fe/c1-46(2,3)49(47(4,5)6)29-42-40(27-41(34-13-9-7-10-14-34)43(42)35-15-11-8-12-16-35)28-48(44-36-19-30-17-31(21-36)22-37(44)20-30)45-38-23-32-18-33(25-38)26-39(45)24-32;1-2-4-5-3-1;/h7-16,27,30-33,36-39,44-45H,17-26,28-29H2,1-6H3;1-5H;. The molecule has 18 fully saturated rings. The first-order valence-electron chi connectivity index (χ1n) is 24.0. The summed E-state index contributed by atoms with van der Waals surface area (Å²) in [5.41, 5.74) is 6.26. The Morgan fingerprint density at radius 2 is 0.927 bits per heavy atom. The zero-order valence-corrected chi connectivity index (χ0v) is 37.6. The Balaban J connectivity index is 0.925. The molecule has 18 aliphatic rings. The van der Waals surface area contributed by atoms with Gasteiger partial charge in [0.15, 0.2) is 0 Å². The second kappa shape index (κ2) is 5.66. The predicted molar refractivity (Wildman–Crippen MR) is 229 cm³/mol. The third-order valence-corrected chi connectivity index (χ3v) is 83.2. The summed E-state index contributed by atoms with van der Waals surface area (Å²) in [6, 6.07) is 26.0. The molecule has 10 saturated heterocycles. The van der Waals surface area contributed by atoms with Gasteiger partial charge in [0.1, 0.15) is 0 Å². The molecule has 5 unspecified atom stereocenters. The van der Waals surface area contributed by atoms with Crippen molar-refractivity contribution in [3.05, 3.63) is 71.8 Å². The summed E-state index contributed by atoms with van der Waals surface area (Å²) in [6.07, 6.45) is 20.2. The minimum absolute atomic E-state index is 0.0801. The third kappa shape index (κ3) is 1.06. The summed E-state index contributed by atoms with van der Waals surface area (Å²) in [4.78, 5) is 7.61. The zero-order chi connectivity index (χ0) is 36.4. The molecule has 10 heterocycles. The van der Waals surface area contributed by atoms with E-state index < -0.39 is 6.51 Å². The van der Waals surface area contributed by atoms with E-state index in [0.717, 1.165) is 56.0 Å². The van der Waals surface area contributed by atoms with Gasteiger partial charge in [0.05, 0.1) is 0 Å². The van der Waals surface area contributed by atoms with Crippen LogP contribution >= 0.6 is 15.8 Å². The van der Waals surface area contributed by atoms with E-state index >= 15 is 0 Å². The SMILES string of the molecule is CC(C)(C)P(C[C]12[C]3(CP(C4C5CC6CC(C5)CC4C6)C4C5CC6CC(C5)CC4C6)[CH]4[C]5(c6ccccc6)[C]1(c1ccccc1)[Fe]43521678[CH]2[CH]1[CH]6[CH]7[CH]28)C(C)(C)C. The number of hydrogen-bond acceptors (Lipinski definition) is 0. The van der Waals surface area contributed by atoms with E-state index in [4.69, 9.17) is 0 Å². The molecule has 1 spiro atoms. The van der Waals surface area contributed by atoms with Gasteiger partial charge in [-0.1, -0.05) is 0 Å². The minimum atomic E-state index is -4.51. The summed E-state index contributed by atoms with van der Waals surface area (Å²) in [5, 5.41) is 0.836. The Morgan fingerprint density at radius 3 is 1.31 bits per heavy atom. The molecule has 0 radical (unpaired) electrons. The van der Waals surface area contributed by atoms with Crippen molar-refractivity contribution < 1.29 is 6.51 Å². The van der Waals surface area contributed by atoms with Gasteiger partial charge in [0.2, 0.25) is 0 Å². The summed E-state index contributed by atoms with van der Waals surface area (Å²) < 4.78 is 2.87. The van der Waals surface area contributed by atoms with Crippen LogP contribution < -0.4 is 0 Å². The number of rotatable bonds is 8. The first-order valence-corrected chi connectivity index (χ1v) is 33.3. The first-order chi connectivity index (χ1) is 26.2. The zero-order valence-electron chi connectivity index (χ0n) is 34.7. The maximum absolute atomic E-state index is 4.51. The molecule has 3 heteroatoms. The molecular weight excluding hydrogens is 742 g/mol. The average Bonchev–Trinajstić information content (AvgIpc) is 4.09. The van der Waals surface area contributed by atoms with Crippen molar-refractivity contribution in [2.24, 2.45) is 47.3 Å². The summed E-state index contributed by atoms with van der Waals surface area (Å²) >= 11 is 0. The molecule has 0 nitrogen and oxygen atoms in total. The van der Waals surface area contributed by atoms with Crippen LogP contribution in [0.15, 0.2) is 60.7 Å². The van der Waals surface area contributed by atoms with Crippen LogP contribution in [0.2, 0.25) is 37.5 Å². The Hall–Kier alpha value is -0.181. The molecular formula is C52H68FeP2. The quantitative estimate of drug-likeness (QED) is 0.184. The van der Waals surface area contributed by atoms with Crippen LogP contribution in [0.1, 0.15) is 117 Å². The first kappa shape index (κ1) is 30.8. The van der Waals surface area contributed by atoms with E-state index in [1.54, 1.807) is 70.4 Å². The van der Waals surface area contributed by atoms with Crippen LogP contribution in [-0.4, -0.2) is 34.0 Å². The van der Waals surface area contributed by atoms with Crippen LogP contribution in [0.4, 0.5) is 0 Å². The molecule has 5 atom stereocenters. The fourth-order valence-corrected chi connectivity index (χ4v) is 129. The molecule has 294 valence electrons. The van der Waals surface area contributed by atoms with Gasteiger partial charge in [-0.05, 0) is 0 Å². The number of benzene rings is 2. The van der Waals surface area contributed by atoms with E-state index in [0.29, 0.717) is 18.9 Å². The van der Waals surface area contributed by atoms with Crippen LogP contribution in [0.25, 0.3) is 0 Å². The van der Waals surface area contributed by atoms with Crippen molar-refractivity contribution in [1.82, 2.24) is 0 Å². The van der Waals surface area contributed by atoms with Crippen LogP contribution in [-0.2, 0) is 15.1 Å². The van der Waals surface area contributed by atoms with E-state index in [-0.39, 0.29) is 15.8 Å². The molecule has 8 saturated carbocycles. The fraction of sp³-hybridized carbons (Fsp3) is 0.769. The molecule has 0 aromatic heterocycles. The van der Waals surface area contributed by atoms with Crippen LogP contribution in [0.5, 0.6) is 0 Å². The van der Waals surface area contributed by atoms with Gasteiger partial charge in [-0.3, -0.25) is 0 Å². The van der Waals surface area contributed by atoms with E-state index in [9.17, 15) is 0 Å². The van der Waals surface area contributed by atoms with Gasteiger partial charge in [-0.15, -0.1) is 0 Å². The molecule has 55 heavy (non-hydrogen) atoms. The van der Waals surface area contributed by atoms with Crippen molar-refractivity contribution in [2.45, 2.75) is 174 Å². The molecule has 2 aromatic rings. The number of fused-ring (bicyclic) bond motifs is 10. The van der Waals surface area contributed by atoms with E-state index in [1.807, 2.05) is 17.3 Å². The molecule has 8 aliphatic carbocycles. The van der Waals surface area contributed by atoms with Crippen molar-refractivity contribution in [3.63, 3.8) is 0 Å². The summed E-state index contributed by atoms with van der Waals surface area (Å²) in [5.74, 6) is 9.03. The maximum atomic E-state index is 2.80. The fourth-order valence-electron chi connectivity index (χ4n) is 33.4. The summed E-state index contributed by atoms with van der Waals surface area (Å²) in [7, 11) is -0.0453. The Kier molecular flexibility index (Phi) is 3.17. The van der Waals surface area contributed by atoms with Crippen LogP contribution in [0, 0.1) is 47.3 Å². The summed E-state index contributed by atoms with van der Waals surface area (Å²) in [6.45, 7) is 11.8. The second-order valence-electron chi connectivity index (χ2n) is 28.4. The molecule has 8 bridgehead atoms.